The molecule has 7 heteroatoms. The van der Waals surface area contributed by atoms with E-state index in [9.17, 15) is 9.18 Å². The lowest BCUT2D eigenvalue weighted by Crippen LogP contribution is -2.49. The first-order valence-electron chi connectivity index (χ1n) is 7.60. The molecule has 1 saturated carbocycles. The maximum absolute atomic E-state index is 13.9. The zero-order valence-corrected chi connectivity index (χ0v) is 14.3. The topological polar surface area (TPSA) is 64.4 Å². The second-order valence-corrected chi connectivity index (χ2v) is 6.56. The minimum absolute atomic E-state index is 0. The molecular weight excluding hydrogens is 342 g/mol. The molecule has 4 nitrogen and oxygen atoms in total. The third-order valence-electron chi connectivity index (χ3n) is 4.80. The maximum Gasteiger partial charge on any atom is 0.227 e. The number of ether oxygens (including phenoxy) is 1. The summed E-state index contributed by atoms with van der Waals surface area (Å²) >= 11 is 6.08. The van der Waals surface area contributed by atoms with Gasteiger partial charge in [-0.15, -0.1) is 12.4 Å². The van der Waals surface area contributed by atoms with Gasteiger partial charge in [-0.3, -0.25) is 4.79 Å². The van der Waals surface area contributed by atoms with Gasteiger partial charge in [-0.25, -0.2) is 4.39 Å². The van der Waals surface area contributed by atoms with Crippen molar-refractivity contribution in [3.05, 3.63) is 34.6 Å². The molecule has 1 saturated heterocycles. The van der Waals surface area contributed by atoms with Crippen LogP contribution in [0.25, 0.3) is 0 Å². The van der Waals surface area contributed by atoms with Crippen molar-refractivity contribution in [3.8, 4) is 0 Å². The fourth-order valence-corrected chi connectivity index (χ4v) is 3.45. The van der Waals surface area contributed by atoms with E-state index in [1.165, 1.54) is 6.07 Å². The fourth-order valence-electron chi connectivity index (χ4n) is 3.15. The molecule has 1 heterocycles. The Balaban J connectivity index is 0.00000192. The zero-order chi connectivity index (χ0) is 15.7. The van der Waals surface area contributed by atoms with Crippen molar-refractivity contribution in [1.29, 1.82) is 0 Å². The molecule has 1 aromatic carbocycles. The SMILES string of the molecule is Cl.NCC1(C(=O)NC2CC2c2c(F)cccc2Cl)CCOCC1. The number of hydrogen-bond donors (Lipinski definition) is 2. The molecule has 3 rings (SSSR count). The second kappa shape index (κ2) is 7.34. The molecule has 0 radical (unpaired) electrons. The molecule has 2 aliphatic rings. The first-order chi connectivity index (χ1) is 10.6. The third kappa shape index (κ3) is 3.63. The Morgan fingerprint density at radius 2 is 2.13 bits per heavy atom. The maximum atomic E-state index is 13.9. The number of rotatable bonds is 4. The summed E-state index contributed by atoms with van der Waals surface area (Å²) in [6, 6.07) is 4.60. The first kappa shape index (κ1) is 18.5. The van der Waals surface area contributed by atoms with Crippen LogP contribution in [0.15, 0.2) is 18.2 Å². The summed E-state index contributed by atoms with van der Waals surface area (Å²) in [6.45, 7) is 1.41. The number of benzene rings is 1. The molecule has 2 unspecified atom stereocenters. The van der Waals surface area contributed by atoms with Gasteiger partial charge < -0.3 is 15.8 Å². The van der Waals surface area contributed by atoms with Crippen LogP contribution in [0, 0.1) is 11.2 Å². The molecule has 2 atom stereocenters. The Hall–Kier alpha value is -0.880. The van der Waals surface area contributed by atoms with Crippen molar-refractivity contribution in [3.63, 3.8) is 0 Å². The van der Waals surface area contributed by atoms with Gasteiger partial charge in [0.05, 0.1) is 5.41 Å². The molecule has 1 aromatic rings. The lowest BCUT2D eigenvalue weighted by atomic mass is 9.79. The summed E-state index contributed by atoms with van der Waals surface area (Å²) in [6.07, 6.45) is 1.98. The highest BCUT2D eigenvalue weighted by atomic mass is 35.5. The highest BCUT2D eigenvalue weighted by Gasteiger charge is 2.46. The molecule has 0 bridgehead atoms. The van der Waals surface area contributed by atoms with Gasteiger partial charge in [0.15, 0.2) is 0 Å². The third-order valence-corrected chi connectivity index (χ3v) is 5.13. The molecule has 2 fully saturated rings. The van der Waals surface area contributed by atoms with E-state index in [1.807, 2.05) is 0 Å². The van der Waals surface area contributed by atoms with Crippen molar-refractivity contribution in [2.24, 2.45) is 11.1 Å². The van der Waals surface area contributed by atoms with Gasteiger partial charge >= 0.3 is 0 Å². The summed E-state index contributed by atoms with van der Waals surface area (Å²) in [7, 11) is 0. The van der Waals surface area contributed by atoms with Gasteiger partial charge in [0.2, 0.25) is 5.91 Å². The molecule has 0 aromatic heterocycles. The highest BCUT2D eigenvalue weighted by Crippen LogP contribution is 2.45. The van der Waals surface area contributed by atoms with E-state index < -0.39 is 5.41 Å². The predicted octanol–water partition coefficient (Wildman–Crippen LogP) is 2.63. The summed E-state index contributed by atoms with van der Waals surface area (Å²) < 4.78 is 19.2. The van der Waals surface area contributed by atoms with Crippen molar-refractivity contribution < 1.29 is 13.9 Å². The predicted molar refractivity (Wildman–Crippen MR) is 89.5 cm³/mol. The van der Waals surface area contributed by atoms with E-state index in [0.717, 1.165) is 0 Å². The van der Waals surface area contributed by atoms with Crippen molar-refractivity contribution in [2.45, 2.75) is 31.2 Å². The molecule has 23 heavy (non-hydrogen) atoms. The van der Waals surface area contributed by atoms with Crippen LogP contribution >= 0.6 is 24.0 Å². The average molecular weight is 363 g/mol. The lowest BCUT2D eigenvalue weighted by molar-refractivity contribution is -0.136. The summed E-state index contributed by atoms with van der Waals surface area (Å²) in [5.41, 5.74) is 5.78. The number of nitrogens with one attached hydrogen (secondary N) is 1. The Morgan fingerprint density at radius 3 is 2.74 bits per heavy atom. The molecule has 1 aliphatic carbocycles. The highest BCUT2D eigenvalue weighted by molar-refractivity contribution is 6.31. The van der Waals surface area contributed by atoms with E-state index in [0.29, 0.717) is 49.6 Å². The van der Waals surface area contributed by atoms with Crippen molar-refractivity contribution in [2.75, 3.05) is 19.8 Å². The molecule has 0 spiro atoms. The van der Waals surface area contributed by atoms with Crippen LogP contribution in [0.5, 0.6) is 0 Å². The number of hydrogen-bond acceptors (Lipinski definition) is 3. The Bertz CT molecular complexity index is 559. The molecule has 128 valence electrons. The number of amides is 1. The molecule has 1 aliphatic heterocycles. The van der Waals surface area contributed by atoms with Gasteiger partial charge in [-0.2, -0.15) is 0 Å². The first-order valence-corrected chi connectivity index (χ1v) is 7.98. The second-order valence-electron chi connectivity index (χ2n) is 6.15. The van der Waals surface area contributed by atoms with Gasteiger partial charge in [-0.1, -0.05) is 17.7 Å². The van der Waals surface area contributed by atoms with Crippen LogP contribution in [0.4, 0.5) is 4.39 Å². The van der Waals surface area contributed by atoms with E-state index in [1.54, 1.807) is 12.1 Å². The summed E-state index contributed by atoms with van der Waals surface area (Å²) in [5.74, 6) is -0.403. The van der Waals surface area contributed by atoms with Gasteiger partial charge in [0.25, 0.3) is 0 Å². The number of carbonyl (C=O) groups excluding carboxylic acids is 1. The van der Waals surface area contributed by atoms with Crippen LogP contribution in [-0.2, 0) is 9.53 Å². The molecular formula is C16H21Cl2FN2O2. The van der Waals surface area contributed by atoms with Crippen molar-refractivity contribution in [1.82, 2.24) is 5.32 Å². The quantitative estimate of drug-likeness (QED) is 0.865. The van der Waals surface area contributed by atoms with Gasteiger partial charge in [0.1, 0.15) is 5.82 Å². The standard InChI is InChI=1S/C16H20ClFN2O2.ClH/c17-11-2-1-3-12(18)14(11)10-8-13(10)20-15(21)16(9-19)4-6-22-7-5-16;/h1-3,10,13H,4-9,19H2,(H,20,21);1H. The van der Waals surface area contributed by atoms with E-state index in [2.05, 4.69) is 5.32 Å². The van der Waals surface area contributed by atoms with Crippen LogP contribution in [0.3, 0.4) is 0 Å². The minimum atomic E-state index is -0.551. The number of nitrogens with two attached hydrogens (primary N) is 1. The largest absolute Gasteiger partial charge is 0.381 e. The smallest absolute Gasteiger partial charge is 0.227 e. The normalized spacial score (nSPS) is 25.3. The van der Waals surface area contributed by atoms with Crippen LogP contribution in [0.2, 0.25) is 5.02 Å². The van der Waals surface area contributed by atoms with Gasteiger partial charge in [-0.05, 0) is 31.4 Å². The number of carbonyl (C=O) groups is 1. The molecule has 1 amide bonds. The Labute approximate surface area is 146 Å². The lowest BCUT2D eigenvalue weighted by Gasteiger charge is -2.34. The Kier molecular flexibility index (Phi) is 5.89. The van der Waals surface area contributed by atoms with E-state index >= 15 is 0 Å². The van der Waals surface area contributed by atoms with E-state index in [-0.39, 0.29) is 36.1 Å². The molecule has 3 N–H and O–H groups in total. The summed E-state index contributed by atoms with van der Waals surface area (Å²) in [4.78, 5) is 12.6. The van der Waals surface area contributed by atoms with Gasteiger partial charge in [0, 0.05) is 42.3 Å². The zero-order valence-electron chi connectivity index (χ0n) is 12.7. The summed E-state index contributed by atoms with van der Waals surface area (Å²) in [5, 5.41) is 3.44. The average Bonchev–Trinajstić information content (AvgIpc) is 3.26. The Morgan fingerprint density at radius 1 is 1.43 bits per heavy atom. The van der Waals surface area contributed by atoms with Crippen molar-refractivity contribution >= 4 is 29.9 Å². The fraction of sp³-hybridized carbons (Fsp3) is 0.562. The van der Waals surface area contributed by atoms with Crippen LogP contribution in [0.1, 0.15) is 30.7 Å². The van der Waals surface area contributed by atoms with E-state index in [4.69, 9.17) is 22.1 Å². The number of halogens is 3. The van der Waals surface area contributed by atoms with Crippen LogP contribution < -0.4 is 11.1 Å². The van der Waals surface area contributed by atoms with Crippen LogP contribution in [-0.4, -0.2) is 31.7 Å². The minimum Gasteiger partial charge on any atom is -0.381 e. The monoisotopic (exact) mass is 362 g/mol.